The van der Waals surface area contributed by atoms with Crippen LogP contribution in [-0.4, -0.2) is 10.5 Å². The van der Waals surface area contributed by atoms with E-state index in [-0.39, 0.29) is 10.9 Å². The number of hydrogen-bond donors (Lipinski definition) is 1. The molecule has 1 aromatic heterocycles. The SMILES string of the molecule is CCn1cc(C(=O)Nc2ccc(Cl)cc2)c(=O)c2cc(C(F)(F)F)ccc21. The Morgan fingerprint density at radius 1 is 1.15 bits per heavy atom. The number of fused-ring (bicyclic) bond motifs is 1. The van der Waals surface area contributed by atoms with Crippen molar-refractivity contribution in [1.29, 1.82) is 0 Å². The molecule has 3 aromatic rings. The Hall–Kier alpha value is -2.80. The van der Waals surface area contributed by atoms with Gasteiger partial charge >= 0.3 is 6.18 Å². The van der Waals surface area contributed by atoms with Gasteiger partial charge in [-0.2, -0.15) is 13.2 Å². The van der Waals surface area contributed by atoms with Gasteiger partial charge in [-0.15, -0.1) is 0 Å². The van der Waals surface area contributed by atoms with E-state index in [4.69, 9.17) is 11.6 Å². The van der Waals surface area contributed by atoms with E-state index in [1.165, 1.54) is 12.3 Å². The van der Waals surface area contributed by atoms with Gasteiger partial charge in [-0.1, -0.05) is 11.6 Å². The molecule has 1 N–H and O–H groups in total. The molecule has 0 radical (unpaired) electrons. The van der Waals surface area contributed by atoms with E-state index in [9.17, 15) is 22.8 Å². The van der Waals surface area contributed by atoms with Gasteiger partial charge in [-0.05, 0) is 49.4 Å². The van der Waals surface area contributed by atoms with Crippen molar-refractivity contribution in [3.63, 3.8) is 0 Å². The molecule has 0 spiro atoms. The summed E-state index contributed by atoms with van der Waals surface area (Å²) in [5, 5.41) is 2.88. The van der Waals surface area contributed by atoms with Crippen LogP contribution in [-0.2, 0) is 12.7 Å². The maximum absolute atomic E-state index is 13.0. The fourth-order valence-electron chi connectivity index (χ4n) is 2.73. The Balaban J connectivity index is 2.12. The molecule has 8 heteroatoms. The lowest BCUT2D eigenvalue weighted by molar-refractivity contribution is -0.137. The Morgan fingerprint density at radius 3 is 2.41 bits per heavy atom. The Kier molecular flexibility index (Phi) is 4.97. The zero-order valence-corrected chi connectivity index (χ0v) is 14.9. The lowest BCUT2D eigenvalue weighted by Gasteiger charge is -2.14. The van der Waals surface area contributed by atoms with Gasteiger partial charge in [0, 0.05) is 28.8 Å². The van der Waals surface area contributed by atoms with E-state index in [0.29, 0.717) is 22.8 Å². The molecule has 0 bridgehead atoms. The van der Waals surface area contributed by atoms with Crippen LogP contribution in [0, 0.1) is 0 Å². The van der Waals surface area contributed by atoms with E-state index < -0.39 is 23.1 Å². The summed E-state index contributed by atoms with van der Waals surface area (Å²) >= 11 is 5.79. The standard InChI is InChI=1S/C19H14ClF3N2O2/c1-2-25-10-15(18(27)24-13-6-4-12(20)5-7-13)17(26)14-9-11(19(21,22)23)3-8-16(14)25/h3-10H,2H2,1H3,(H,24,27). The second-order valence-corrected chi connectivity index (χ2v) is 6.29. The molecule has 0 aliphatic rings. The van der Waals surface area contributed by atoms with Crippen LogP contribution in [0.1, 0.15) is 22.8 Å². The number of hydrogen-bond acceptors (Lipinski definition) is 2. The number of nitrogens with zero attached hydrogens (tertiary/aromatic N) is 1. The van der Waals surface area contributed by atoms with Gasteiger partial charge in [-0.3, -0.25) is 9.59 Å². The van der Waals surface area contributed by atoms with Gasteiger partial charge in [0.15, 0.2) is 0 Å². The molecule has 0 aliphatic heterocycles. The van der Waals surface area contributed by atoms with Crippen LogP contribution in [0.15, 0.2) is 53.5 Å². The van der Waals surface area contributed by atoms with Crippen molar-refractivity contribution in [2.45, 2.75) is 19.6 Å². The Labute approximate surface area is 157 Å². The molecule has 4 nitrogen and oxygen atoms in total. The summed E-state index contributed by atoms with van der Waals surface area (Å²) in [5.74, 6) is -0.705. The Bertz CT molecular complexity index is 1070. The molecular formula is C19H14ClF3N2O2. The first-order valence-electron chi connectivity index (χ1n) is 8.02. The Morgan fingerprint density at radius 2 is 1.81 bits per heavy atom. The largest absolute Gasteiger partial charge is 0.416 e. The van der Waals surface area contributed by atoms with E-state index in [0.717, 1.165) is 12.1 Å². The molecule has 140 valence electrons. The van der Waals surface area contributed by atoms with Crippen LogP contribution < -0.4 is 10.7 Å². The lowest BCUT2D eigenvalue weighted by atomic mass is 10.1. The molecule has 0 atom stereocenters. The summed E-state index contributed by atoms with van der Waals surface area (Å²) < 4.78 is 40.6. The minimum absolute atomic E-state index is 0.157. The summed E-state index contributed by atoms with van der Waals surface area (Å²) in [7, 11) is 0. The number of carbonyl (C=O) groups is 1. The predicted octanol–water partition coefficient (Wildman–Crippen LogP) is 4.95. The van der Waals surface area contributed by atoms with Gasteiger partial charge in [0.05, 0.1) is 11.1 Å². The summed E-state index contributed by atoms with van der Waals surface area (Å²) in [6.45, 7) is 2.14. The third-order valence-corrected chi connectivity index (χ3v) is 4.35. The fourth-order valence-corrected chi connectivity index (χ4v) is 2.85. The molecule has 27 heavy (non-hydrogen) atoms. The van der Waals surface area contributed by atoms with Crippen LogP contribution in [0.2, 0.25) is 5.02 Å². The number of amides is 1. The van der Waals surface area contributed by atoms with Crippen LogP contribution >= 0.6 is 11.6 Å². The van der Waals surface area contributed by atoms with Crippen LogP contribution in [0.4, 0.5) is 18.9 Å². The highest BCUT2D eigenvalue weighted by molar-refractivity contribution is 6.30. The third-order valence-electron chi connectivity index (χ3n) is 4.09. The van der Waals surface area contributed by atoms with Gasteiger partial charge in [0.1, 0.15) is 5.56 Å². The van der Waals surface area contributed by atoms with Crippen LogP contribution in [0.3, 0.4) is 0 Å². The van der Waals surface area contributed by atoms with E-state index >= 15 is 0 Å². The van der Waals surface area contributed by atoms with Crippen molar-refractivity contribution in [2.24, 2.45) is 0 Å². The van der Waals surface area contributed by atoms with Crippen LogP contribution in [0.25, 0.3) is 10.9 Å². The van der Waals surface area contributed by atoms with Crippen molar-refractivity contribution in [2.75, 3.05) is 5.32 Å². The van der Waals surface area contributed by atoms with Gasteiger partial charge in [0.2, 0.25) is 5.43 Å². The van der Waals surface area contributed by atoms with Crippen LogP contribution in [0.5, 0.6) is 0 Å². The highest BCUT2D eigenvalue weighted by atomic mass is 35.5. The van der Waals surface area contributed by atoms with Crippen molar-refractivity contribution in [3.05, 3.63) is 75.0 Å². The number of halogens is 4. The minimum atomic E-state index is -4.58. The predicted molar refractivity (Wildman–Crippen MR) is 98.3 cm³/mol. The van der Waals surface area contributed by atoms with Gasteiger partial charge in [-0.25, -0.2) is 0 Å². The molecule has 0 aliphatic carbocycles. The average molecular weight is 395 g/mol. The van der Waals surface area contributed by atoms with Gasteiger partial charge < -0.3 is 9.88 Å². The first kappa shape index (κ1) is 19.0. The molecule has 1 heterocycles. The topological polar surface area (TPSA) is 51.1 Å². The molecule has 2 aromatic carbocycles. The molecule has 3 rings (SSSR count). The lowest BCUT2D eigenvalue weighted by Crippen LogP contribution is -2.24. The van der Waals surface area contributed by atoms with Crippen molar-refractivity contribution in [1.82, 2.24) is 4.57 Å². The number of anilines is 1. The van der Waals surface area contributed by atoms with E-state index in [1.54, 1.807) is 35.8 Å². The van der Waals surface area contributed by atoms with Crippen molar-refractivity contribution < 1.29 is 18.0 Å². The molecule has 0 saturated heterocycles. The molecule has 0 fully saturated rings. The molecular weight excluding hydrogens is 381 g/mol. The zero-order valence-electron chi connectivity index (χ0n) is 14.1. The smallest absolute Gasteiger partial charge is 0.347 e. The van der Waals surface area contributed by atoms with E-state index in [1.807, 2.05) is 0 Å². The minimum Gasteiger partial charge on any atom is -0.347 e. The quantitative estimate of drug-likeness (QED) is 0.683. The maximum atomic E-state index is 13.0. The zero-order chi connectivity index (χ0) is 19.8. The van der Waals surface area contributed by atoms with E-state index in [2.05, 4.69) is 5.32 Å². The maximum Gasteiger partial charge on any atom is 0.416 e. The average Bonchev–Trinajstić information content (AvgIpc) is 2.63. The molecule has 0 unspecified atom stereocenters. The number of aromatic nitrogens is 1. The molecule has 1 amide bonds. The normalized spacial score (nSPS) is 11.6. The van der Waals surface area contributed by atoms with Crippen molar-refractivity contribution >= 4 is 34.1 Å². The summed E-state index contributed by atoms with van der Waals surface area (Å²) in [6.07, 6.45) is -3.23. The monoisotopic (exact) mass is 394 g/mol. The number of benzene rings is 2. The number of pyridine rings is 1. The number of nitrogens with one attached hydrogen (secondary N) is 1. The first-order chi connectivity index (χ1) is 12.7. The second-order valence-electron chi connectivity index (χ2n) is 5.85. The summed E-state index contributed by atoms with van der Waals surface area (Å²) in [6, 6.07) is 9.19. The number of carbonyl (C=O) groups excluding carboxylic acids is 1. The summed E-state index contributed by atoms with van der Waals surface area (Å²) in [5.41, 5.74) is -1.19. The second kappa shape index (κ2) is 7.08. The number of rotatable bonds is 3. The number of aryl methyl sites for hydroxylation is 1. The van der Waals surface area contributed by atoms with Gasteiger partial charge in [0.25, 0.3) is 5.91 Å². The fraction of sp³-hybridized carbons (Fsp3) is 0.158. The first-order valence-corrected chi connectivity index (χ1v) is 8.40. The third kappa shape index (κ3) is 3.83. The number of alkyl halides is 3. The van der Waals surface area contributed by atoms with Crippen molar-refractivity contribution in [3.8, 4) is 0 Å². The molecule has 0 saturated carbocycles. The highest BCUT2D eigenvalue weighted by Gasteiger charge is 2.31. The highest BCUT2D eigenvalue weighted by Crippen LogP contribution is 2.30. The summed E-state index contributed by atoms with van der Waals surface area (Å²) in [4.78, 5) is 25.2.